The number of fused-ring (bicyclic) bond motifs is 1. The van der Waals surface area contributed by atoms with E-state index in [1.807, 2.05) is 42.6 Å². The summed E-state index contributed by atoms with van der Waals surface area (Å²) in [5.41, 5.74) is 9.64. The summed E-state index contributed by atoms with van der Waals surface area (Å²) in [5.74, 6) is 0.436. The molecule has 0 amide bonds. The Hall–Kier alpha value is -3.84. The number of hydrogen-bond donors (Lipinski definition) is 3. The minimum Gasteiger partial charge on any atom is -0.507 e. The number of phenols is 1. The highest BCUT2D eigenvalue weighted by molar-refractivity contribution is 7.80. The largest absolute Gasteiger partial charge is 0.507 e. The minimum absolute atomic E-state index is 0.217. The second-order valence-electron chi connectivity index (χ2n) is 7.12. The Morgan fingerprint density at radius 3 is 2.38 bits per heavy atom. The smallest absolute Gasteiger partial charge is 0.149 e. The first-order chi connectivity index (χ1) is 15.5. The molecule has 5 nitrogen and oxygen atoms in total. The fourth-order valence-electron chi connectivity index (χ4n) is 3.31. The van der Waals surface area contributed by atoms with Gasteiger partial charge in [0.05, 0.1) is 0 Å². The standard InChI is InChI=1S/C19H15FN4.C6H6OS/c20-16-5-6-17-15(11-16)7-10-24(17)12-13-1-3-14(4-2-13)18-19(21)23-9-8-22-18;7-5-3-1-2-4-6(5)8/h1-11H,12H2,(H2,21,23);1-4,7-8H. The Kier molecular flexibility index (Phi) is 6.37. The number of halogens is 1. The Morgan fingerprint density at radius 1 is 0.938 bits per heavy atom. The molecular weight excluding hydrogens is 423 g/mol. The predicted octanol–water partition coefficient (Wildman–Crippen LogP) is 5.55. The number of anilines is 1. The highest BCUT2D eigenvalue weighted by atomic mass is 32.1. The Bertz CT molecular complexity index is 1330. The van der Waals surface area contributed by atoms with Gasteiger partial charge in [-0.25, -0.2) is 9.37 Å². The zero-order valence-corrected chi connectivity index (χ0v) is 18.0. The van der Waals surface area contributed by atoms with Crippen LogP contribution < -0.4 is 5.73 Å². The molecule has 7 heteroatoms. The van der Waals surface area contributed by atoms with Crippen molar-refractivity contribution >= 4 is 29.3 Å². The molecule has 32 heavy (non-hydrogen) atoms. The van der Waals surface area contributed by atoms with Gasteiger partial charge in [0.15, 0.2) is 0 Å². The lowest BCUT2D eigenvalue weighted by Crippen LogP contribution is -1.99. The number of nitrogens with two attached hydrogens (primary N) is 1. The van der Waals surface area contributed by atoms with Crippen LogP contribution in [0.5, 0.6) is 5.75 Å². The molecule has 0 aliphatic carbocycles. The molecule has 3 aromatic carbocycles. The number of benzene rings is 3. The fourth-order valence-corrected chi connectivity index (χ4v) is 3.47. The highest BCUT2D eigenvalue weighted by Gasteiger charge is 2.06. The third-order valence-electron chi connectivity index (χ3n) is 4.92. The van der Waals surface area contributed by atoms with Gasteiger partial charge in [0.2, 0.25) is 0 Å². The van der Waals surface area contributed by atoms with Gasteiger partial charge in [-0.3, -0.25) is 4.98 Å². The number of aromatic hydroxyl groups is 1. The third kappa shape index (κ3) is 4.90. The molecule has 2 heterocycles. The summed E-state index contributed by atoms with van der Waals surface area (Å²) in [6.07, 6.45) is 5.18. The molecule has 5 rings (SSSR count). The summed E-state index contributed by atoms with van der Waals surface area (Å²) in [4.78, 5) is 8.95. The van der Waals surface area contributed by atoms with Gasteiger partial charge in [-0.05, 0) is 42.0 Å². The van der Waals surface area contributed by atoms with E-state index in [-0.39, 0.29) is 11.6 Å². The van der Waals surface area contributed by atoms with Crippen LogP contribution in [0.15, 0.2) is 96.3 Å². The number of phenolic OH excluding ortho intramolecular Hbond substituents is 1. The number of hydrogen-bond acceptors (Lipinski definition) is 5. The van der Waals surface area contributed by atoms with Gasteiger partial charge in [-0.1, -0.05) is 36.4 Å². The molecule has 0 spiro atoms. The van der Waals surface area contributed by atoms with E-state index in [1.54, 1.807) is 42.7 Å². The van der Waals surface area contributed by atoms with Crippen molar-refractivity contribution in [1.82, 2.24) is 14.5 Å². The molecule has 3 N–H and O–H groups in total. The number of para-hydroxylation sites is 1. The zero-order valence-electron chi connectivity index (χ0n) is 17.1. The summed E-state index contributed by atoms with van der Waals surface area (Å²) >= 11 is 3.95. The van der Waals surface area contributed by atoms with Crippen LogP contribution in [-0.2, 0) is 6.54 Å². The normalized spacial score (nSPS) is 10.6. The second-order valence-corrected chi connectivity index (χ2v) is 7.60. The van der Waals surface area contributed by atoms with E-state index in [0.717, 1.165) is 22.0 Å². The Morgan fingerprint density at radius 2 is 1.69 bits per heavy atom. The first-order valence-electron chi connectivity index (χ1n) is 9.88. The molecule has 160 valence electrons. The van der Waals surface area contributed by atoms with E-state index >= 15 is 0 Å². The van der Waals surface area contributed by atoms with Crippen molar-refractivity contribution in [3.8, 4) is 17.0 Å². The van der Waals surface area contributed by atoms with Gasteiger partial charge in [0.1, 0.15) is 23.1 Å². The quantitative estimate of drug-likeness (QED) is 0.319. The summed E-state index contributed by atoms with van der Waals surface area (Å²) in [6.45, 7) is 0.714. The maximum Gasteiger partial charge on any atom is 0.149 e. The van der Waals surface area contributed by atoms with Gasteiger partial charge < -0.3 is 15.4 Å². The lowest BCUT2D eigenvalue weighted by molar-refractivity contribution is 0.463. The van der Waals surface area contributed by atoms with Gasteiger partial charge >= 0.3 is 0 Å². The molecule has 0 saturated carbocycles. The molecular formula is C25H21FN4OS. The van der Waals surface area contributed by atoms with Crippen LogP contribution in [0.3, 0.4) is 0 Å². The van der Waals surface area contributed by atoms with Crippen molar-refractivity contribution in [3.05, 3.63) is 103 Å². The maximum atomic E-state index is 13.3. The molecule has 5 aromatic rings. The second kappa shape index (κ2) is 9.53. The summed E-state index contributed by atoms with van der Waals surface area (Å²) in [5, 5.41) is 9.74. The highest BCUT2D eigenvalue weighted by Crippen LogP contribution is 2.23. The number of nitrogens with zero attached hydrogens (tertiary/aromatic N) is 3. The molecule has 0 bridgehead atoms. The minimum atomic E-state index is -0.217. The van der Waals surface area contributed by atoms with Crippen molar-refractivity contribution < 1.29 is 9.50 Å². The zero-order chi connectivity index (χ0) is 22.5. The number of aromatic nitrogens is 3. The van der Waals surface area contributed by atoms with Crippen molar-refractivity contribution in [2.45, 2.75) is 11.4 Å². The van der Waals surface area contributed by atoms with E-state index in [2.05, 4.69) is 27.2 Å². The SMILES string of the molecule is Nc1nccnc1-c1ccc(Cn2ccc3cc(F)ccc32)cc1.Oc1ccccc1S. The van der Waals surface area contributed by atoms with Crippen LogP contribution >= 0.6 is 12.6 Å². The first-order valence-corrected chi connectivity index (χ1v) is 10.3. The van der Waals surface area contributed by atoms with E-state index in [4.69, 9.17) is 10.8 Å². The van der Waals surface area contributed by atoms with Crippen LogP contribution in [0.25, 0.3) is 22.2 Å². The average molecular weight is 445 g/mol. The lowest BCUT2D eigenvalue weighted by atomic mass is 10.1. The third-order valence-corrected chi connectivity index (χ3v) is 5.30. The first kappa shape index (κ1) is 21.4. The van der Waals surface area contributed by atoms with Gasteiger partial charge in [0, 0.05) is 46.5 Å². The van der Waals surface area contributed by atoms with Crippen molar-refractivity contribution in [3.63, 3.8) is 0 Å². The molecule has 0 aliphatic heterocycles. The van der Waals surface area contributed by atoms with E-state index < -0.39 is 0 Å². The molecule has 0 unspecified atom stereocenters. The predicted molar refractivity (Wildman–Crippen MR) is 128 cm³/mol. The number of rotatable bonds is 3. The van der Waals surface area contributed by atoms with Crippen LogP contribution in [0.2, 0.25) is 0 Å². The van der Waals surface area contributed by atoms with Crippen molar-refractivity contribution in [2.75, 3.05) is 5.73 Å². The van der Waals surface area contributed by atoms with Crippen LogP contribution in [0.4, 0.5) is 10.2 Å². The summed E-state index contributed by atoms with van der Waals surface area (Å²) < 4.78 is 15.4. The van der Waals surface area contributed by atoms with Crippen molar-refractivity contribution in [2.24, 2.45) is 0 Å². The van der Waals surface area contributed by atoms with Crippen LogP contribution in [0.1, 0.15) is 5.56 Å². The molecule has 0 radical (unpaired) electrons. The maximum absolute atomic E-state index is 13.3. The molecule has 0 aliphatic rings. The van der Waals surface area contributed by atoms with Gasteiger partial charge in [-0.2, -0.15) is 0 Å². The lowest BCUT2D eigenvalue weighted by Gasteiger charge is -2.08. The van der Waals surface area contributed by atoms with Crippen LogP contribution in [0, 0.1) is 5.82 Å². The number of nitrogen functional groups attached to an aromatic ring is 1. The average Bonchev–Trinajstić information content (AvgIpc) is 3.19. The van der Waals surface area contributed by atoms with E-state index in [1.165, 1.54) is 6.07 Å². The molecule has 2 aromatic heterocycles. The summed E-state index contributed by atoms with van der Waals surface area (Å²) in [7, 11) is 0. The van der Waals surface area contributed by atoms with E-state index in [9.17, 15) is 4.39 Å². The van der Waals surface area contributed by atoms with E-state index in [0.29, 0.717) is 23.0 Å². The fraction of sp³-hybridized carbons (Fsp3) is 0.0400. The monoisotopic (exact) mass is 444 g/mol. The topological polar surface area (TPSA) is 77.0 Å². The summed E-state index contributed by atoms with van der Waals surface area (Å²) in [6, 6.07) is 21.7. The molecule has 0 fully saturated rings. The van der Waals surface area contributed by atoms with Gasteiger partial charge in [0.25, 0.3) is 0 Å². The molecule has 0 atom stereocenters. The van der Waals surface area contributed by atoms with Crippen LogP contribution in [-0.4, -0.2) is 19.6 Å². The van der Waals surface area contributed by atoms with Crippen molar-refractivity contribution in [1.29, 1.82) is 0 Å². The van der Waals surface area contributed by atoms with Gasteiger partial charge in [-0.15, -0.1) is 12.6 Å². The molecule has 0 saturated heterocycles. The number of thiol groups is 1. The Labute approximate surface area is 190 Å². The Balaban J connectivity index is 0.000000260.